The molecule has 0 radical (unpaired) electrons. The largest absolute Gasteiger partial charge is 0.489 e. The molecule has 0 spiro atoms. The van der Waals surface area contributed by atoms with Gasteiger partial charge in [0.05, 0.1) is 25.0 Å². The van der Waals surface area contributed by atoms with Crippen LogP contribution >= 0.6 is 0 Å². The van der Waals surface area contributed by atoms with Crippen LogP contribution in [0.15, 0.2) is 24.3 Å². The molecule has 1 saturated heterocycles. The Bertz CT molecular complexity index is 324. The van der Waals surface area contributed by atoms with Crippen LogP contribution in [-0.2, 0) is 9.47 Å². The van der Waals surface area contributed by atoms with E-state index in [4.69, 9.17) is 19.9 Å². The molecule has 4 nitrogen and oxygen atoms in total. The summed E-state index contributed by atoms with van der Waals surface area (Å²) in [6.45, 7) is 2.59. The minimum absolute atomic E-state index is 0.233. The summed E-state index contributed by atoms with van der Waals surface area (Å²) in [6, 6.07) is 7.46. The lowest BCUT2D eigenvalue weighted by Crippen LogP contribution is -2.17. The van der Waals surface area contributed by atoms with Crippen molar-refractivity contribution in [1.82, 2.24) is 0 Å². The lowest BCUT2D eigenvalue weighted by molar-refractivity contribution is 0.0267. The highest BCUT2D eigenvalue weighted by molar-refractivity contribution is 5.51. The number of rotatable bonds is 5. The summed E-state index contributed by atoms with van der Waals surface area (Å²) in [4.78, 5) is 0. The molecule has 1 atom stereocenters. The van der Waals surface area contributed by atoms with E-state index in [1.807, 2.05) is 24.3 Å². The Kier molecular flexibility index (Phi) is 4.02. The third kappa shape index (κ3) is 3.12. The molecule has 2 rings (SSSR count). The minimum Gasteiger partial charge on any atom is -0.489 e. The highest BCUT2D eigenvalue weighted by atomic mass is 16.6. The number of anilines is 1. The summed E-state index contributed by atoms with van der Waals surface area (Å²) in [7, 11) is 0. The van der Waals surface area contributed by atoms with Crippen LogP contribution in [-0.4, -0.2) is 32.5 Å². The Balaban J connectivity index is 1.66. The summed E-state index contributed by atoms with van der Waals surface area (Å²) in [5, 5.41) is 0. The number of nitrogens with two attached hydrogens (primary N) is 1. The van der Waals surface area contributed by atoms with Gasteiger partial charge in [-0.05, 0) is 18.6 Å². The molecule has 16 heavy (non-hydrogen) atoms. The topological polar surface area (TPSA) is 53.7 Å². The Labute approximate surface area is 95.3 Å². The molecule has 1 unspecified atom stereocenters. The standard InChI is InChI=1S/C12H17NO3/c13-11-3-1-2-4-12(11)16-8-7-15-10-5-6-14-9-10/h1-4,10H,5-9,13H2. The third-order valence-corrected chi connectivity index (χ3v) is 2.50. The van der Waals surface area contributed by atoms with E-state index >= 15 is 0 Å². The van der Waals surface area contributed by atoms with E-state index < -0.39 is 0 Å². The van der Waals surface area contributed by atoms with E-state index in [1.165, 1.54) is 0 Å². The zero-order chi connectivity index (χ0) is 11.2. The van der Waals surface area contributed by atoms with Gasteiger partial charge in [0.25, 0.3) is 0 Å². The van der Waals surface area contributed by atoms with Gasteiger partial charge in [0.1, 0.15) is 12.4 Å². The molecular formula is C12H17NO3. The average Bonchev–Trinajstić information content (AvgIpc) is 2.79. The first-order valence-corrected chi connectivity index (χ1v) is 5.53. The van der Waals surface area contributed by atoms with Crippen LogP contribution < -0.4 is 10.5 Å². The van der Waals surface area contributed by atoms with Crippen molar-refractivity contribution in [1.29, 1.82) is 0 Å². The second-order valence-electron chi connectivity index (χ2n) is 3.74. The van der Waals surface area contributed by atoms with Crippen molar-refractivity contribution in [3.8, 4) is 5.75 Å². The molecule has 0 aliphatic carbocycles. The maximum absolute atomic E-state index is 5.74. The fraction of sp³-hybridized carbons (Fsp3) is 0.500. The number of hydrogen-bond donors (Lipinski definition) is 1. The van der Waals surface area contributed by atoms with Crippen LogP contribution in [0.2, 0.25) is 0 Å². The Hall–Kier alpha value is -1.26. The molecule has 0 saturated carbocycles. The van der Waals surface area contributed by atoms with Crippen molar-refractivity contribution in [2.75, 3.05) is 32.2 Å². The van der Waals surface area contributed by atoms with Gasteiger partial charge in [-0.25, -0.2) is 0 Å². The number of para-hydroxylation sites is 2. The summed E-state index contributed by atoms with van der Waals surface area (Å²) in [6.07, 6.45) is 1.21. The van der Waals surface area contributed by atoms with Gasteiger partial charge in [-0.1, -0.05) is 12.1 Å². The lowest BCUT2D eigenvalue weighted by atomic mass is 10.3. The van der Waals surface area contributed by atoms with Crippen LogP contribution in [0.1, 0.15) is 6.42 Å². The SMILES string of the molecule is Nc1ccccc1OCCOC1CCOC1. The van der Waals surface area contributed by atoms with E-state index in [9.17, 15) is 0 Å². The highest BCUT2D eigenvalue weighted by Gasteiger charge is 2.15. The Morgan fingerprint density at radius 1 is 1.31 bits per heavy atom. The summed E-state index contributed by atoms with van der Waals surface area (Å²) < 4.78 is 16.3. The van der Waals surface area contributed by atoms with Crippen molar-refractivity contribution in [3.63, 3.8) is 0 Å². The van der Waals surface area contributed by atoms with E-state index in [0.29, 0.717) is 31.3 Å². The number of hydrogen-bond acceptors (Lipinski definition) is 4. The summed E-state index contributed by atoms with van der Waals surface area (Å²) >= 11 is 0. The molecule has 0 amide bonds. The molecule has 1 aliphatic heterocycles. The van der Waals surface area contributed by atoms with Crippen LogP contribution in [0.25, 0.3) is 0 Å². The third-order valence-electron chi connectivity index (χ3n) is 2.50. The lowest BCUT2D eigenvalue weighted by Gasteiger charge is -2.11. The molecule has 1 aromatic carbocycles. The van der Waals surface area contributed by atoms with Gasteiger partial charge < -0.3 is 19.9 Å². The first kappa shape index (κ1) is 11.2. The highest BCUT2D eigenvalue weighted by Crippen LogP contribution is 2.19. The van der Waals surface area contributed by atoms with Crippen LogP contribution in [0.3, 0.4) is 0 Å². The first-order chi connectivity index (χ1) is 7.86. The fourth-order valence-electron chi connectivity index (χ4n) is 1.62. The van der Waals surface area contributed by atoms with Crippen LogP contribution in [0.5, 0.6) is 5.75 Å². The van der Waals surface area contributed by atoms with Crippen molar-refractivity contribution in [2.24, 2.45) is 0 Å². The molecule has 1 heterocycles. The zero-order valence-corrected chi connectivity index (χ0v) is 9.22. The second kappa shape index (κ2) is 5.72. The first-order valence-electron chi connectivity index (χ1n) is 5.53. The Morgan fingerprint density at radius 3 is 2.94 bits per heavy atom. The molecule has 2 N–H and O–H groups in total. The maximum Gasteiger partial charge on any atom is 0.142 e. The van der Waals surface area contributed by atoms with E-state index in [-0.39, 0.29) is 6.10 Å². The van der Waals surface area contributed by atoms with E-state index in [1.54, 1.807) is 0 Å². The Morgan fingerprint density at radius 2 is 2.19 bits per heavy atom. The normalized spacial score (nSPS) is 19.9. The summed E-state index contributed by atoms with van der Waals surface area (Å²) in [5.41, 5.74) is 6.40. The molecule has 0 bridgehead atoms. The van der Waals surface area contributed by atoms with Crippen molar-refractivity contribution in [3.05, 3.63) is 24.3 Å². The van der Waals surface area contributed by atoms with Crippen molar-refractivity contribution >= 4 is 5.69 Å². The molecule has 1 aliphatic rings. The summed E-state index contributed by atoms with van der Waals surface area (Å²) in [5.74, 6) is 0.716. The molecule has 88 valence electrons. The minimum atomic E-state index is 0.233. The van der Waals surface area contributed by atoms with Gasteiger partial charge in [0.2, 0.25) is 0 Å². The van der Waals surface area contributed by atoms with Crippen molar-refractivity contribution < 1.29 is 14.2 Å². The van der Waals surface area contributed by atoms with E-state index in [0.717, 1.165) is 13.0 Å². The van der Waals surface area contributed by atoms with Crippen LogP contribution in [0.4, 0.5) is 5.69 Å². The van der Waals surface area contributed by atoms with Gasteiger partial charge in [0, 0.05) is 6.61 Å². The van der Waals surface area contributed by atoms with Gasteiger partial charge in [-0.3, -0.25) is 0 Å². The molecule has 1 aromatic rings. The molecule has 1 fully saturated rings. The second-order valence-corrected chi connectivity index (χ2v) is 3.74. The predicted octanol–water partition coefficient (Wildman–Crippen LogP) is 1.45. The van der Waals surface area contributed by atoms with Crippen molar-refractivity contribution in [2.45, 2.75) is 12.5 Å². The predicted molar refractivity (Wildman–Crippen MR) is 61.5 cm³/mol. The molecule has 4 heteroatoms. The van der Waals surface area contributed by atoms with Gasteiger partial charge in [0.15, 0.2) is 0 Å². The van der Waals surface area contributed by atoms with Gasteiger partial charge in [-0.2, -0.15) is 0 Å². The number of ether oxygens (including phenoxy) is 3. The number of benzene rings is 1. The number of nitrogen functional groups attached to an aromatic ring is 1. The molecule has 0 aromatic heterocycles. The van der Waals surface area contributed by atoms with Crippen LogP contribution in [0, 0.1) is 0 Å². The molecular weight excluding hydrogens is 206 g/mol. The maximum atomic E-state index is 5.74. The fourth-order valence-corrected chi connectivity index (χ4v) is 1.62. The smallest absolute Gasteiger partial charge is 0.142 e. The average molecular weight is 223 g/mol. The van der Waals surface area contributed by atoms with Gasteiger partial charge in [-0.15, -0.1) is 0 Å². The quantitative estimate of drug-likeness (QED) is 0.606. The monoisotopic (exact) mass is 223 g/mol. The zero-order valence-electron chi connectivity index (χ0n) is 9.22. The van der Waals surface area contributed by atoms with E-state index in [2.05, 4.69) is 0 Å². The van der Waals surface area contributed by atoms with Gasteiger partial charge >= 0.3 is 0 Å².